The van der Waals surface area contributed by atoms with Crippen LogP contribution in [0.1, 0.15) is 94.4 Å². The van der Waals surface area contributed by atoms with Crippen LogP contribution < -0.4 is 53.6 Å². The first kappa shape index (κ1) is 70.5. The highest BCUT2D eigenvalue weighted by Crippen LogP contribution is 2.28. The first-order chi connectivity index (χ1) is 38.8. The van der Waals surface area contributed by atoms with Gasteiger partial charge in [0.2, 0.25) is 65.0 Å². The van der Waals surface area contributed by atoms with E-state index in [1.807, 2.05) is 0 Å². The third kappa shape index (κ3) is 21.5. The molecule has 0 unspecified atom stereocenters. The van der Waals surface area contributed by atoms with Gasteiger partial charge in [0.1, 0.15) is 85.0 Å². The van der Waals surface area contributed by atoms with Gasteiger partial charge in [-0.05, 0) is 51.4 Å². The van der Waals surface area contributed by atoms with E-state index in [9.17, 15) is 88.2 Å². The van der Waals surface area contributed by atoms with Gasteiger partial charge in [0.05, 0.1) is 32.4 Å². The molecule has 33 heteroatoms. The predicted molar refractivity (Wildman–Crippen MR) is 282 cm³/mol. The van der Waals surface area contributed by atoms with Crippen LogP contribution >= 0.6 is 0 Å². The number of hydrogen-bond donors (Lipinski definition) is 16. The number of nitrogens with two attached hydrogens (primary N) is 1. The molecule has 11 amide bonds. The largest absolute Gasteiger partial charge is 0.481 e. The molecule has 470 valence electrons. The molecule has 0 aromatic rings. The Morgan fingerprint density at radius 1 is 0.639 bits per heavy atom. The summed E-state index contributed by atoms with van der Waals surface area (Å²) in [4.78, 5) is 156. The topological polar surface area (TPSA) is 501 Å². The van der Waals surface area contributed by atoms with Crippen LogP contribution in [0.25, 0.3) is 0 Å². The molecular formula is C50H83N11O22. The van der Waals surface area contributed by atoms with E-state index in [0.29, 0.717) is 6.42 Å². The maximum absolute atomic E-state index is 14.7. The number of nitrogens with one attached hydrogen (secondary N) is 9. The van der Waals surface area contributed by atoms with Crippen LogP contribution in [0.4, 0.5) is 0 Å². The van der Waals surface area contributed by atoms with Crippen molar-refractivity contribution >= 4 is 70.9 Å². The smallest absolute Gasteiger partial charge is 0.303 e. The first-order valence-corrected chi connectivity index (χ1v) is 27.1. The molecule has 3 aliphatic heterocycles. The van der Waals surface area contributed by atoms with Gasteiger partial charge in [0.25, 0.3) is 0 Å². The van der Waals surface area contributed by atoms with E-state index in [0.717, 1.165) is 20.8 Å². The Balaban J connectivity index is 1.99. The zero-order valence-electron chi connectivity index (χ0n) is 47.8. The van der Waals surface area contributed by atoms with E-state index in [4.69, 9.17) is 24.7 Å². The van der Waals surface area contributed by atoms with Gasteiger partial charge < -0.3 is 108 Å². The van der Waals surface area contributed by atoms with Gasteiger partial charge in [-0.25, -0.2) is 0 Å². The van der Waals surface area contributed by atoms with Crippen molar-refractivity contribution in [2.45, 2.75) is 198 Å². The SMILES string of the molecule is CC(=O)N[C@H]1[C@@H](OC[C@H]2O[C@H](O[C@H](C)[C@H](NC(=O)[C@H](C)NC(=O)[C@H](CC(C)C)NC(=O)[C@H](CCC(=O)O)NC(C)=O)C(=O)N[C@H](C(=O)NCC(=O)N3CCC[C@H]3C(=O)NCC(N)=O)C(C)C)[C@H](NC(C)=O)[C@@H](O)[C@H]2O)O[C@H](CO)[C@H](O)[C@@H]1O. The molecule has 0 aliphatic carbocycles. The molecule has 0 aromatic heterocycles. The van der Waals surface area contributed by atoms with Gasteiger partial charge in [0, 0.05) is 33.7 Å². The highest BCUT2D eigenvalue weighted by molar-refractivity contribution is 5.97. The number of amides is 11. The maximum atomic E-state index is 14.7. The lowest BCUT2D eigenvalue weighted by Gasteiger charge is -2.45. The second kappa shape index (κ2) is 32.9. The zero-order valence-corrected chi connectivity index (χ0v) is 47.8. The molecule has 0 bridgehead atoms. The van der Waals surface area contributed by atoms with Crippen molar-refractivity contribution in [3.63, 3.8) is 0 Å². The fourth-order valence-corrected chi connectivity index (χ4v) is 9.26. The average Bonchev–Trinajstić information content (AvgIpc) is 3.90. The number of aliphatic carboxylic acids is 1. The molecule has 3 aliphatic rings. The third-order valence-electron chi connectivity index (χ3n) is 13.6. The minimum atomic E-state index is -1.95. The predicted octanol–water partition coefficient (Wildman–Crippen LogP) is -7.96. The molecule has 33 nitrogen and oxygen atoms in total. The number of nitrogens with zero attached hydrogens (tertiary/aromatic N) is 1. The summed E-state index contributed by atoms with van der Waals surface area (Å²) in [5.74, 6) is -11.5. The van der Waals surface area contributed by atoms with E-state index in [-0.39, 0.29) is 31.7 Å². The molecule has 3 fully saturated rings. The maximum Gasteiger partial charge on any atom is 0.303 e. The normalized spacial score (nSPS) is 26.4. The highest BCUT2D eigenvalue weighted by Gasteiger charge is 2.50. The van der Waals surface area contributed by atoms with Crippen molar-refractivity contribution in [1.29, 1.82) is 0 Å². The summed E-state index contributed by atoms with van der Waals surface area (Å²) in [6.07, 6.45) is -15.7. The number of ether oxygens (including phenoxy) is 4. The van der Waals surface area contributed by atoms with E-state index in [2.05, 4.69) is 47.9 Å². The number of carboxylic acids is 1. The lowest BCUT2D eigenvalue weighted by Crippen LogP contribution is -2.67. The van der Waals surface area contributed by atoms with Crippen molar-refractivity contribution in [2.24, 2.45) is 17.6 Å². The van der Waals surface area contributed by atoms with Crippen LogP contribution in [0.5, 0.6) is 0 Å². The lowest BCUT2D eigenvalue weighted by atomic mass is 9.96. The molecule has 0 radical (unpaired) electrons. The van der Waals surface area contributed by atoms with Crippen LogP contribution in [0.15, 0.2) is 0 Å². The Morgan fingerprint density at radius 2 is 1.20 bits per heavy atom. The molecule has 3 heterocycles. The minimum absolute atomic E-state index is 0.0239. The van der Waals surface area contributed by atoms with Crippen LogP contribution in [0.3, 0.4) is 0 Å². The summed E-state index contributed by atoms with van der Waals surface area (Å²) in [5.41, 5.74) is 5.14. The first-order valence-electron chi connectivity index (χ1n) is 27.1. The summed E-state index contributed by atoms with van der Waals surface area (Å²) >= 11 is 0. The second-order valence-electron chi connectivity index (χ2n) is 21.3. The zero-order chi connectivity index (χ0) is 62.7. The van der Waals surface area contributed by atoms with Gasteiger partial charge in [0.15, 0.2) is 12.6 Å². The molecule has 3 saturated heterocycles. The van der Waals surface area contributed by atoms with Crippen molar-refractivity contribution in [1.82, 2.24) is 52.8 Å². The van der Waals surface area contributed by atoms with Crippen molar-refractivity contribution in [2.75, 3.05) is 32.8 Å². The van der Waals surface area contributed by atoms with Gasteiger partial charge in [-0.1, -0.05) is 27.7 Å². The van der Waals surface area contributed by atoms with Crippen LogP contribution in [-0.2, 0) is 76.5 Å². The molecule has 0 aromatic carbocycles. The van der Waals surface area contributed by atoms with Gasteiger partial charge in [-0.15, -0.1) is 0 Å². The summed E-state index contributed by atoms with van der Waals surface area (Å²) in [6.45, 7) is 9.61. The van der Waals surface area contributed by atoms with Crippen LogP contribution in [0, 0.1) is 11.8 Å². The summed E-state index contributed by atoms with van der Waals surface area (Å²) < 4.78 is 23.6. The second-order valence-corrected chi connectivity index (χ2v) is 21.3. The number of hydrogen-bond acceptors (Lipinski definition) is 21. The van der Waals surface area contributed by atoms with Crippen LogP contribution in [-0.4, -0.2) is 243 Å². The minimum Gasteiger partial charge on any atom is -0.481 e. The summed E-state index contributed by atoms with van der Waals surface area (Å²) in [7, 11) is 0. The lowest BCUT2D eigenvalue weighted by molar-refractivity contribution is -0.308. The highest BCUT2D eigenvalue weighted by atomic mass is 16.7. The number of rotatable bonds is 30. The third-order valence-corrected chi connectivity index (χ3v) is 13.6. The van der Waals surface area contributed by atoms with E-state index < -0.39 is 213 Å². The van der Waals surface area contributed by atoms with E-state index in [1.165, 1.54) is 32.6 Å². The van der Waals surface area contributed by atoms with Crippen molar-refractivity contribution < 1.29 is 107 Å². The molecule has 17 N–H and O–H groups in total. The van der Waals surface area contributed by atoms with E-state index in [1.54, 1.807) is 13.8 Å². The molecule has 3 rings (SSSR count). The monoisotopic (exact) mass is 1190 g/mol. The fraction of sp³-hybridized carbons (Fsp3) is 0.760. The average molecular weight is 1190 g/mol. The van der Waals surface area contributed by atoms with Crippen LogP contribution in [0.2, 0.25) is 0 Å². The Bertz CT molecular complexity index is 2310. The number of carboxylic acid groups (broad SMARTS) is 1. The van der Waals surface area contributed by atoms with Crippen molar-refractivity contribution in [3.05, 3.63) is 0 Å². The Morgan fingerprint density at radius 3 is 1.75 bits per heavy atom. The number of likely N-dealkylation sites (tertiary alicyclic amines) is 1. The number of carbonyl (C=O) groups excluding carboxylic acids is 11. The number of aliphatic hydroxyl groups excluding tert-OH is 5. The van der Waals surface area contributed by atoms with Gasteiger partial charge in [-0.3, -0.25) is 57.5 Å². The van der Waals surface area contributed by atoms with Gasteiger partial charge >= 0.3 is 5.97 Å². The molecule has 0 spiro atoms. The van der Waals surface area contributed by atoms with Gasteiger partial charge in [-0.2, -0.15) is 0 Å². The van der Waals surface area contributed by atoms with Crippen molar-refractivity contribution in [3.8, 4) is 0 Å². The molecule has 0 saturated carbocycles. The Labute approximate surface area is 478 Å². The summed E-state index contributed by atoms with van der Waals surface area (Å²) in [5, 5.41) is 84.9. The number of aliphatic hydroxyl groups is 5. The standard InChI is InChI=1S/C50H83N11O22/c1-20(2)15-28(58-44(75)27(55-24(7)63)12-13-34(68)69)45(76)54-22(5)43(74)60-36(48(79)59-35(21(3)4)47(78)53-17-33(67)61-14-10-11-29(61)46(77)52-16-32(51)66)23(6)81-50-38(57-26(9)65)42(73)40(71)31(83-50)19-80-49-37(56-25(8)64)41(72)39(70)30(18-62)82-49/h20-23,27-31,35-42,49-50,62,70-73H,10-19H2,1-9H3,(H2,51,66)(H,52,77)(H,53,78)(H,54,76)(H,55,63)(H,56,64)(H,57,65)(H,58,75)(H,59,79)(H,60,74)(H,68,69)/t22-,23+,27-,28-,29-,30+,31+,35-,36-,37+,38+,39-,40-,41+,42+,49-,50-/m0/s1. The fourth-order valence-electron chi connectivity index (χ4n) is 9.26. The summed E-state index contributed by atoms with van der Waals surface area (Å²) in [6, 6.07) is -11.8. The quantitative estimate of drug-likeness (QED) is 0.0318. The molecule has 17 atom stereocenters. The molecule has 83 heavy (non-hydrogen) atoms. The Kier molecular flexibility index (Phi) is 28.0. The number of primary amides is 1. The molecular weight excluding hydrogens is 1110 g/mol. The van der Waals surface area contributed by atoms with E-state index >= 15 is 0 Å². The Hall–Kier alpha value is -6.72. The number of carbonyl (C=O) groups is 12.